The summed E-state index contributed by atoms with van der Waals surface area (Å²) in [6.45, 7) is 6.98. The fourth-order valence-corrected chi connectivity index (χ4v) is 8.28. The maximum absolute atomic E-state index is 11.2. The largest absolute Gasteiger partial charge is 0.378 e. The van der Waals surface area contributed by atoms with Gasteiger partial charge in [-0.15, -0.1) is 6.42 Å². The first-order valence-corrected chi connectivity index (χ1v) is 10.8. The predicted octanol–water partition coefficient (Wildman–Crippen LogP) is 5.16. The molecule has 0 bridgehead atoms. The monoisotopic (exact) mass is 357 g/mol. The van der Waals surface area contributed by atoms with Crippen LogP contribution in [0.3, 0.4) is 0 Å². The molecule has 3 nitrogen and oxygen atoms in total. The second-order valence-electron chi connectivity index (χ2n) is 10.6. The molecule has 0 amide bonds. The fraction of sp³-hybridized carbons (Fsp3) is 0.913. The minimum atomic E-state index is -0.871. The zero-order chi connectivity index (χ0) is 18.7. The molecule has 4 saturated carbocycles. The molecule has 26 heavy (non-hydrogen) atoms. The van der Waals surface area contributed by atoms with E-state index in [9.17, 15) is 10.0 Å². The minimum absolute atomic E-state index is 0.0474. The molecular formula is C23H35NO2. The SMILES string of the molecule is C#C[C@@]1(O)CC[C@@]2(C)[C@@H](CC[C@@H]3[C@@H]2CC[C@]2(C)[C@@H](C(C)N=O)CC[C@@H]32)C1. The molecule has 0 spiro atoms. The molecule has 4 aliphatic rings. The zero-order valence-electron chi connectivity index (χ0n) is 16.7. The summed E-state index contributed by atoms with van der Waals surface area (Å²) in [7, 11) is 0. The normalized spacial score (nSPS) is 54.3. The summed E-state index contributed by atoms with van der Waals surface area (Å²) >= 11 is 0. The fourth-order valence-electron chi connectivity index (χ4n) is 8.28. The van der Waals surface area contributed by atoms with E-state index in [1.54, 1.807) is 0 Å². The molecule has 0 saturated heterocycles. The minimum Gasteiger partial charge on any atom is -0.378 e. The van der Waals surface area contributed by atoms with Crippen LogP contribution >= 0.6 is 0 Å². The Balaban J connectivity index is 1.59. The third-order valence-electron chi connectivity index (χ3n) is 9.82. The summed E-state index contributed by atoms with van der Waals surface area (Å²) in [5, 5.41) is 14.1. The number of nitroso groups, excluding NO2 is 1. The average Bonchev–Trinajstić information content (AvgIpc) is 2.99. The van der Waals surface area contributed by atoms with Crippen LogP contribution in [0.15, 0.2) is 5.18 Å². The van der Waals surface area contributed by atoms with Crippen LogP contribution in [0.1, 0.15) is 78.6 Å². The Morgan fingerprint density at radius 2 is 1.77 bits per heavy atom. The lowest BCUT2D eigenvalue weighted by Gasteiger charge is -2.61. The highest BCUT2D eigenvalue weighted by Gasteiger charge is 2.61. The van der Waals surface area contributed by atoms with E-state index in [4.69, 9.17) is 6.42 Å². The van der Waals surface area contributed by atoms with Crippen molar-refractivity contribution in [3.05, 3.63) is 4.91 Å². The summed E-state index contributed by atoms with van der Waals surface area (Å²) in [6, 6.07) is -0.0474. The van der Waals surface area contributed by atoms with Crippen molar-refractivity contribution in [3.8, 4) is 12.3 Å². The van der Waals surface area contributed by atoms with Crippen molar-refractivity contribution < 1.29 is 5.11 Å². The standard InChI is InChI=1S/C23H35NO2/c1-5-23(25)13-12-21(3)16(14-23)6-7-17-19-9-8-18(15(2)24-26)22(19,4)11-10-20(17)21/h1,15-20,25H,6-14H2,2-4H3/t15?,16-,17-,18+,19-,20-,21-,22+,23+/m0/s1. The smallest absolute Gasteiger partial charge is 0.125 e. The second-order valence-corrected chi connectivity index (χ2v) is 10.6. The van der Waals surface area contributed by atoms with Gasteiger partial charge in [0, 0.05) is 0 Å². The molecule has 0 radical (unpaired) electrons. The van der Waals surface area contributed by atoms with E-state index < -0.39 is 5.60 Å². The molecule has 9 atom stereocenters. The van der Waals surface area contributed by atoms with Crippen LogP contribution in [0.5, 0.6) is 0 Å². The van der Waals surface area contributed by atoms with Crippen molar-refractivity contribution in [2.75, 3.05) is 0 Å². The quantitative estimate of drug-likeness (QED) is 0.548. The summed E-state index contributed by atoms with van der Waals surface area (Å²) < 4.78 is 0. The number of aliphatic hydroxyl groups is 1. The molecule has 0 heterocycles. The Morgan fingerprint density at radius 1 is 1.04 bits per heavy atom. The first kappa shape index (κ1) is 18.5. The van der Waals surface area contributed by atoms with Gasteiger partial charge in [0.1, 0.15) is 5.60 Å². The summed E-state index contributed by atoms with van der Waals surface area (Å²) in [4.78, 5) is 11.2. The molecule has 4 aliphatic carbocycles. The molecule has 4 rings (SSSR count). The summed E-state index contributed by atoms with van der Waals surface area (Å²) in [6.07, 6.45) is 15.7. The van der Waals surface area contributed by atoms with E-state index in [0.29, 0.717) is 22.7 Å². The first-order chi connectivity index (χ1) is 12.3. The van der Waals surface area contributed by atoms with Crippen molar-refractivity contribution in [1.82, 2.24) is 0 Å². The average molecular weight is 358 g/mol. The van der Waals surface area contributed by atoms with E-state index >= 15 is 0 Å². The first-order valence-electron chi connectivity index (χ1n) is 10.8. The lowest BCUT2D eigenvalue weighted by atomic mass is 9.44. The molecule has 1 unspecified atom stereocenters. The van der Waals surface area contributed by atoms with Gasteiger partial charge in [-0.05, 0) is 105 Å². The Morgan fingerprint density at radius 3 is 2.46 bits per heavy atom. The van der Waals surface area contributed by atoms with Gasteiger partial charge in [0.05, 0.1) is 6.04 Å². The summed E-state index contributed by atoms with van der Waals surface area (Å²) in [5.74, 6) is 6.02. The van der Waals surface area contributed by atoms with Gasteiger partial charge in [0.15, 0.2) is 0 Å². The van der Waals surface area contributed by atoms with Crippen LogP contribution in [0, 0.1) is 57.7 Å². The molecule has 1 N–H and O–H groups in total. The number of rotatable bonds is 2. The van der Waals surface area contributed by atoms with Crippen LogP contribution < -0.4 is 0 Å². The molecule has 3 heteroatoms. The van der Waals surface area contributed by atoms with E-state index in [0.717, 1.165) is 37.0 Å². The number of hydrogen-bond donors (Lipinski definition) is 1. The van der Waals surface area contributed by atoms with Gasteiger partial charge in [-0.2, -0.15) is 4.91 Å². The van der Waals surface area contributed by atoms with Crippen LogP contribution in [0.25, 0.3) is 0 Å². The maximum Gasteiger partial charge on any atom is 0.125 e. The van der Waals surface area contributed by atoms with Crippen LogP contribution in [-0.4, -0.2) is 16.7 Å². The molecule has 4 fully saturated rings. The Hall–Kier alpha value is -0.880. The van der Waals surface area contributed by atoms with Crippen molar-refractivity contribution in [3.63, 3.8) is 0 Å². The van der Waals surface area contributed by atoms with E-state index in [2.05, 4.69) is 24.9 Å². The number of nitrogens with zero attached hydrogens (tertiary/aromatic N) is 1. The molecule has 0 aromatic heterocycles. The van der Waals surface area contributed by atoms with Crippen molar-refractivity contribution in [1.29, 1.82) is 0 Å². The number of hydrogen-bond acceptors (Lipinski definition) is 3. The highest BCUT2D eigenvalue weighted by atomic mass is 16.3. The predicted molar refractivity (Wildman–Crippen MR) is 104 cm³/mol. The topological polar surface area (TPSA) is 49.7 Å². The van der Waals surface area contributed by atoms with Gasteiger partial charge < -0.3 is 5.11 Å². The number of terminal acetylenes is 1. The molecule has 0 aliphatic heterocycles. The Labute approximate surface area is 158 Å². The van der Waals surface area contributed by atoms with Crippen molar-refractivity contribution in [2.24, 2.45) is 45.6 Å². The van der Waals surface area contributed by atoms with Crippen LogP contribution in [0.4, 0.5) is 0 Å². The Bertz CT molecular complexity index is 626. The third-order valence-corrected chi connectivity index (χ3v) is 9.82. The van der Waals surface area contributed by atoms with Gasteiger partial charge in [0.2, 0.25) is 0 Å². The lowest BCUT2D eigenvalue weighted by Crippen LogP contribution is -2.56. The highest BCUT2D eigenvalue weighted by Crippen LogP contribution is 2.68. The maximum atomic E-state index is 11.2. The Kier molecular flexibility index (Phi) is 4.31. The molecule has 144 valence electrons. The summed E-state index contributed by atoms with van der Waals surface area (Å²) in [5.41, 5.74) is -0.241. The van der Waals surface area contributed by atoms with E-state index in [1.807, 2.05) is 6.92 Å². The van der Waals surface area contributed by atoms with E-state index in [-0.39, 0.29) is 6.04 Å². The highest BCUT2D eigenvalue weighted by molar-refractivity contribution is 5.16. The van der Waals surface area contributed by atoms with Gasteiger partial charge in [0.25, 0.3) is 0 Å². The van der Waals surface area contributed by atoms with Gasteiger partial charge in [-0.3, -0.25) is 0 Å². The van der Waals surface area contributed by atoms with Crippen LogP contribution in [0.2, 0.25) is 0 Å². The van der Waals surface area contributed by atoms with Crippen molar-refractivity contribution in [2.45, 2.75) is 90.2 Å². The number of fused-ring (bicyclic) bond motifs is 5. The van der Waals surface area contributed by atoms with Gasteiger partial charge in [-0.1, -0.05) is 24.9 Å². The lowest BCUT2D eigenvalue weighted by molar-refractivity contribution is -0.138. The second kappa shape index (κ2) is 6.06. The zero-order valence-corrected chi connectivity index (χ0v) is 16.7. The van der Waals surface area contributed by atoms with Crippen molar-refractivity contribution >= 4 is 0 Å². The molecule has 0 aromatic carbocycles. The molecular weight excluding hydrogens is 322 g/mol. The van der Waals surface area contributed by atoms with E-state index in [1.165, 1.54) is 38.5 Å². The van der Waals surface area contributed by atoms with Gasteiger partial charge in [-0.25, -0.2) is 0 Å². The third kappa shape index (κ3) is 2.44. The van der Waals surface area contributed by atoms with Crippen LogP contribution in [-0.2, 0) is 0 Å². The van der Waals surface area contributed by atoms with Gasteiger partial charge >= 0.3 is 0 Å². The molecule has 0 aromatic rings.